The molecule has 5 unspecified atom stereocenters. The highest BCUT2D eigenvalue weighted by Crippen LogP contribution is 2.35. The smallest absolute Gasteiger partial charge is 0.229 e. The Labute approximate surface area is 145 Å². The van der Waals surface area contributed by atoms with Crippen LogP contribution in [0, 0.1) is 17.8 Å². The molecule has 23 heavy (non-hydrogen) atoms. The maximum atomic E-state index is 11.1. The molecule has 2 N–H and O–H groups in total. The first-order valence-electron chi connectivity index (χ1n) is 8.35. The Kier molecular flexibility index (Phi) is 9.59. The zero-order valence-electron chi connectivity index (χ0n) is 14.6. The Balaban J connectivity index is 2.38. The quantitative estimate of drug-likeness (QED) is 0.259. The molecule has 6 nitrogen and oxygen atoms in total. The van der Waals surface area contributed by atoms with Crippen LogP contribution in [-0.2, 0) is 14.3 Å². The number of carbonyl (C=O) groups is 1. The third-order valence-corrected chi connectivity index (χ3v) is 4.98. The lowest BCUT2D eigenvalue weighted by atomic mass is 9.79. The van der Waals surface area contributed by atoms with Crippen molar-refractivity contribution in [1.82, 2.24) is 10.0 Å². The van der Waals surface area contributed by atoms with Crippen molar-refractivity contribution in [3.63, 3.8) is 0 Å². The van der Waals surface area contributed by atoms with Crippen LogP contribution < -0.4 is 10.0 Å². The molecule has 0 bridgehead atoms. The highest BCUT2D eigenvalue weighted by molar-refractivity contribution is 7.78. The van der Waals surface area contributed by atoms with Crippen LogP contribution in [0.15, 0.2) is 4.99 Å². The molecule has 1 aliphatic rings. The van der Waals surface area contributed by atoms with Gasteiger partial charge in [0.1, 0.15) is 0 Å². The maximum absolute atomic E-state index is 11.1. The molecule has 1 aliphatic heterocycles. The molecule has 1 rings (SSSR count). The molecule has 0 spiro atoms. The predicted molar refractivity (Wildman–Crippen MR) is 95.5 cm³/mol. The largest absolute Gasteiger partial charge is 0.374 e. The van der Waals surface area contributed by atoms with Gasteiger partial charge in [0, 0.05) is 32.5 Å². The van der Waals surface area contributed by atoms with Gasteiger partial charge in [-0.25, -0.2) is 0 Å². The van der Waals surface area contributed by atoms with Crippen molar-refractivity contribution < 1.29 is 14.3 Å². The molecule has 0 aromatic heterocycles. The fraction of sp³-hybridized carbons (Fsp3) is 0.875. The van der Waals surface area contributed by atoms with Crippen LogP contribution in [0.5, 0.6) is 0 Å². The van der Waals surface area contributed by atoms with Crippen LogP contribution in [0.4, 0.5) is 0 Å². The minimum Gasteiger partial charge on any atom is -0.374 e. The number of amides is 1. The van der Waals surface area contributed by atoms with E-state index >= 15 is 0 Å². The van der Waals surface area contributed by atoms with Gasteiger partial charge in [-0.1, -0.05) is 33.6 Å². The lowest BCUT2D eigenvalue weighted by molar-refractivity contribution is -0.246. The lowest BCUT2D eigenvalue weighted by Crippen LogP contribution is -2.49. The molecule has 1 saturated heterocycles. The molecule has 0 aliphatic carbocycles. The number of hydrogen-bond donors (Lipinski definition) is 3. The minimum atomic E-state index is -0.190. The monoisotopic (exact) mass is 345 g/mol. The fourth-order valence-corrected chi connectivity index (χ4v) is 2.93. The summed E-state index contributed by atoms with van der Waals surface area (Å²) in [4.78, 5) is 15.0. The number of thiol groups is 1. The van der Waals surface area contributed by atoms with Crippen molar-refractivity contribution in [3.05, 3.63) is 0 Å². The number of rotatable bonds is 9. The van der Waals surface area contributed by atoms with Gasteiger partial charge < -0.3 is 19.5 Å². The normalized spacial score (nSPS) is 31.3. The summed E-state index contributed by atoms with van der Waals surface area (Å²) in [6.45, 7) is 8.00. The van der Waals surface area contributed by atoms with Gasteiger partial charge >= 0.3 is 0 Å². The zero-order chi connectivity index (χ0) is 17.2. The molecule has 1 amide bonds. The van der Waals surface area contributed by atoms with Gasteiger partial charge in [-0.2, -0.15) is 0 Å². The summed E-state index contributed by atoms with van der Waals surface area (Å²) in [7, 11) is 1.74. The van der Waals surface area contributed by atoms with E-state index in [-0.39, 0.29) is 18.3 Å². The summed E-state index contributed by atoms with van der Waals surface area (Å²) in [5.74, 6) is 1.28. The topological polar surface area (TPSA) is 72.0 Å². The number of nitrogens with one attached hydrogen (secondary N) is 2. The Morgan fingerprint density at radius 2 is 2.00 bits per heavy atom. The van der Waals surface area contributed by atoms with Crippen LogP contribution in [0.25, 0.3) is 0 Å². The van der Waals surface area contributed by atoms with Crippen LogP contribution in [0.1, 0.15) is 40.0 Å². The lowest BCUT2D eigenvalue weighted by Gasteiger charge is -2.43. The average molecular weight is 346 g/mol. The molecule has 1 heterocycles. The van der Waals surface area contributed by atoms with Gasteiger partial charge in [-0.15, -0.1) is 0 Å². The summed E-state index contributed by atoms with van der Waals surface area (Å²) >= 11 is 3.73. The minimum absolute atomic E-state index is 0.0539. The molecule has 1 fully saturated rings. The Morgan fingerprint density at radius 3 is 2.65 bits per heavy atom. The summed E-state index contributed by atoms with van der Waals surface area (Å²) in [6, 6.07) is 0. The Morgan fingerprint density at radius 1 is 1.26 bits per heavy atom. The number of nitrogens with zero attached hydrogens (tertiary/aromatic N) is 1. The van der Waals surface area contributed by atoms with Crippen LogP contribution in [0.2, 0.25) is 0 Å². The molecule has 0 saturated carbocycles. The van der Waals surface area contributed by atoms with Crippen molar-refractivity contribution in [2.75, 3.05) is 20.2 Å². The zero-order valence-corrected chi connectivity index (χ0v) is 15.5. The Bertz CT molecular complexity index is 382. The van der Waals surface area contributed by atoms with Crippen molar-refractivity contribution >= 4 is 25.1 Å². The van der Waals surface area contributed by atoms with Crippen molar-refractivity contribution in [2.24, 2.45) is 22.7 Å². The molecular formula is C16H31N3O3S. The third kappa shape index (κ3) is 6.69. The Hall–Kier alpha value is -0.790. The molecule has 5 atom stereocenters. The molecule has 134 valence electrons. The maximum Gasteiger partial charge on any atom is 0.229 e. The van der Waals surface area contributed by atoms with Gasteiger partial charge in [0.15, 0.2) is 6.29 Å². The molecule has 0 radical (unpaired) electrons. The molecule has 0 aromatic rings. The van der Waals surface area contributed by atoms with Crippen LogP contribution in [-0.4, -0.2) is 44.8 Å². The molecule has 0 aromatic carbocycles. The molecule has 7 heteroatoms. The number of carbonyl (C=O) groups excluding carboxylic acids is 1. The average Bonchev–Trinajstić information content (AvgIpc) is 2.55. The SMILES string of the molecule is CN=CNCC1OC(OCCCCC(=O)NS)C(C)C(C)C1C. The van der Waals surface area contributed by atoms with Crippen molar-refractivity contribution in [2.45, 2.75) is 52.4 Å². The van der Waals surface area contributed by atoms with Gasteiger partial charge in [-0.05, 0) is 24.7 Å². The van der Waals surface area contributed by atoms with E-state index in [1.165, 1.54) is 0 Å². The van der Waals surface area contributed by atoms with Crippen molar-refractivity contribution in [3.8, 4) is 0 Å². The van der Waals surface area contributed by atoms with Gasteiger partial charge in [0.05, 0.1) is 12.4 Å². The highest BCUT2D eigenvalue weighted by atomic mass is 32.1. The summed E-state index contributed by atoms with van der Waals surface area (Å²) in [6.07, 6.45) is 3.72. The standard InChI is InChI=1S/C16H31N3O3S/c1-11-12(2)14(9-18-10-17-4)22-16(13(11)3)21-8-6-5-7-15(20)19-23/h10-14,16,23H,5-9H2,1-4H3,(H,17,18)(H,19,20). The molecular weight excluding hydrogens is 314 g/mol. The second-order valence-electron chi connectivity index (χ2n) is 6.28. The summed E-state index contributed by atoms with van der Waals surface area (Å²) in [5, 5.41) is 3.16. The van der Waals surface area contributed by atoms with E-state index in [2.05, 4.69) is 48.6 Å². The van der Waals surface area contributed by atoms with Gasteiger partial charge in [0.2, 0.25) is 5.91 Å². The third-order valence-electron chi connectivity index (χ3n) is 4.73. The highest BCUT2D eigenvalue weighted by Gasteiger charge is 2.39. The van der Waals surface area contributed by atoms with Crippen molar-refractivity contribution in [1.29, 1.82) is 0 Å². The van der Waals surface area contributed by atoms with E-state index in [0.717, 1.165) is 19.4 Å². The van der Waals surface area contributed by atoms with E-state index in [9.17, 15) is 4.79 Å². The first-order chi connectivity index (χ1) is 11.0. The van der Waals surface area contributed by atoms with E-state index < -0.39 is 0 Å². The first-order valence-corrected chi connectivity index (χ1v) is 8.80. The number of aliphatic imine (C=N–C) groups is 1. The second-order valence-corrected chi connectivity index (χ2v) is 6.50. The van der Waals surface area contributed by atoms with Gasteiger partial charge in [0.25, 0.3) is 0 Å². The second kappa shape index (κ2) is 10.9. The van der Waals surface area contributed by atoms with Gasteiger partial charge in [-0.3, -0.25) is 9.79 Å². The fourth-order valence-electron chi connectivity index (χ4n) is 2.81. The first kappa shape index (κ1) is 20.3. The van der Waals surface area contributed by atoms with Crippen LogP contribution >= 0.6 is 12.8 Å². The van der Waals surface area contributed by atoms with Crippen LogP contribution in [0.3, 0.4) is 0 Å². The number of unbranched alkanes of at least 4 members (excludes halogenated alkanes) is 1. The van der Waals surface area contributed by atoms with E-state index in [4.69, 9.17) is 9.47 Å². The van der Waals surface area contributed by atoms with E-state index in [1.807, 2.05) is 0 Å². The van der Waals surface area contributed by atoms with E-state index in [0.29, 0.717) is 30.8 Å². The van der Waals surface area contributed by atoms with E-state index in [1.54, 1.807) is 13.4 Å². The summed E-state index contributed by atoms with van der Waals surface area (Å²) < 4.78 is 14.4. The number of ether oxygens (including phenoxy) is 2. The number of hydrogen-bond acceptors (Lipinski definition) is 5. The summed E-state index contributed by atoms with van der Waals surface area (Å²) in [5.41, 5.74) is 0. The predicted octanol–water partition coefficient (Wildman–Crippen LogP) is 2.02.